The molecule has 2 amide bonds. The van der Waals surface area contributed by atoms with Crippen molar-refractivity contribution in [2.24, 2.45) is 0 Å². The Morgan fingerprint density at radius 3 is 3.00 bits per heavy atom. The molecule has 96 valence electrons. The summed E-state index contributed by atoms with van der Waals surface area (Å²) >= 11 is 3.35. The van der Waals surface area contributed by atoms with Gasteiger partial charge in [0.2, 0.25) is 5.91 Å². The number of hydrogen-bond donors (Lipinski definition) is 2. The highest BCUT2D eigenvalue weighted by molar-refractivity contribution is 9.10. The van der Waals surface area contributed by atoms with Crippen LogP contribution in [0, 0.1) is 6.92 Å². The molecule has 4 nitrogen and oxygen atoms in total. The summed E-state index contributed by atoms with van der Waals surface area (Å²) in [5.41, 5.74) is 1.57. The van der Waals surface area contributed by atoms with Gasteiger partial charge in [-0.15, -0.1) is 0 Å². The first-order chi connectivity index (χ1) is 8.58. The molecule has 1 aromatic carbocycles. The smallest absolute Gasteiger partial charge is 0.253 e. The average molecular weight is 311 g/mol. The minimum Gasteiger partial charge on any atom is -0.354 e. The lowest BCUT2D eigenvalue weighted by atomic mass is 10.1. The Hall–Kier alpha value is -1.36. The van der Waals surface area contributed by atoms with Crippen LogP contribution in [0.2, 0.25) is 0 Å². The van der Waals surface area contributed by atoms with Gasteiger partial charge in [0.05, 0.1) is 5.56 Å². The number of piperidine rings is 1. The van der Waals surface area contributed by atoms with Crippen molar-refractivity contribution in [3.63, 3.8) is 0 Å². The van der Waals surface area contributed by atoms with Crippen LogP contribution in [0.5, 0.6) is 0 Å². The van der Waals surface area contributed by atoms with Gasteiger partial charge in [-0.2, -0.15) is 0 Å². The molecule has 0 aliphatic carbocycles. The highest BCUT2D eigenvalue weighted by Crippen LogP contribution is 2.18. The number of nitrogens with one attached hydrogen (secondary N) is 2. The minimum absolute atomic E-state index is 0.0987. The first-order valence-corrected chi connectivity index (χ1v) is 6.72. The van der Waals surface area contributed by atoms with E-state index in [-0.39, 0.29) is 11.8 Å². The summed E-state index contributed by atoms with van der Waals surface area (Å²) in [7, 11) is 0. The van der Waals surface area contributed by atoms with Crippen molar-refractivity contribution in [3.8, 4) is 0 Å². The van der Waals surface area contributed by atoms with E-state index >= 15 is 0 Å². The van der Waals surface area contributed by atoms with Gasteiger partial charge in [0, 0.05) is 11.0 Å². The maximum atomic E-state index is 12.1. The summed E-state index contributed by atoms with van der Waals surface area (Å²) in [6.45, 7) is 2.62. The number of carbonyl (C=O) groups is 2. The van der Waals surface area contributed by atoms with Crippen LogP contribution < -0.4 is 10.6 Å². The fourth-order valence-corrected chi connectivity index (χ4v) is 2.39. The zero-order valence-electron chi connectivity index (χ0n) is 10.1. The second-order valence-corrected chi connectivity index (χ2v) is 5.30. The molecule has 2 rings (SSSR count). The first-order valence-electron chi connectivity index (χ1n) is 5.92. The molecule has 1 atom stereocenters. The van der Waals surface area contributed by atoms with Gasteiger partial charge < -0.3 is 10.6 Å². The molecule has 0 aromatic heterocycles. The number of rotatable bonds is 2. The molecule has 1 aromatic rings. The largest absolute Gasteiger partial charge is 0.354 e. The lowest BCUT2D eigenvalue weighted by molar-refractivity contribution is -0.124. The molecule has 0 bridgehead atoms. The molecule has 18 heavy (non-hydrogen) atoms. The standard InChI is InChI=1S/C13H15BrN2O2/c1-8-4-5-10(14)9(7-8)12(17)16-11-3-2-6-15-13(11)18/h4-5,7,11H,2-3,6H2,1H3,(H,15,18)(H,16,17). The van der Waals surface area contributed by atoms with E-state index in [1.807, 2.05) is 19.1 Å². The van der Waals surface area contributed by atoms with Crippen LogP contribution >= 0.6 is 15.9 Å². The minimum atomic E-state index is -0.418. The highest BCUT2D eigenvalue weighted by Gasteiger charge is 2.24. The SMILES string of the molecule is Cc1ccc(Br)c(C(=O)NC2CCCNC2=O)c1. The first kappa shape index (κ1) is 13.1. The van der Waals surface area contributed by atoms with Gasteiger partial charge in [-0.05, 0) is 47.8 Å². The fourth-order valence-electron chi connectivity index (χ4n) is 1.96. The van der Waals surface area contributed by atoms with Crippen molar-refractivity contribution in [1.29, 1.82) is 0 Å². The van der Waals surface area contributed by atoms with Gasteiger partial charge in [-0.1, -0.05) is 11.6 Å². The molecular formula is C13H15BrN2O2. The van der Waals surface area contributed by atoms with E-state index < -0.39 is 6.04 Å². The van der Waals surface area contributed by atoms with Crippen LogP contribution in [0.4, 0.5) is 0 Å². The monoisotopic (exact) mass is 310 g/mol. The number of benzene rings is 1. The van der Waals surface area contributed by atoms with Gasteiger partial charge in [0.1, 0.15) is 6.04 Å². The molecule has 5 heteroatoms. The number of aryl methyl sites for hydroxylation is 1. The third kappa shape index (κ3) is 2.90. The van der Waals surface area contributed by atoms with Crippen LogP contribution in [0.3, 0.4) is 0 Å². The Bertz CT molecular complexity index is 488. The summed E-state index contributed by atoms with van der Waals surface area (Å²) in [6.07, 6.45) is 1.59. The van der Waals surface area contributed by atoms with E-state index in [2.05, 4.69) is 26.6 Å². The zero-order chi connectivity index (χ0) is 13.1. The van der Waals surface area contributed by atoms with Gasteiger partial charge >= 0.3 is 0 Å². The molecular weight excluding hydrogens is 296 g/mol. The van der Waals surface area contributed by atoms with Crippen molar-refractivity contribution in [2.75, 3.05) is 6.54 Å². The van der Waals surface area contributed by atoms with Gasteiger partial charge in [0.25, 0.3) is 5.91 Å². The van der Waals surface area contributed by atoms with Gasteiger partial charge in [0.15, 0.2) is 0 Å². The second kappa shape index (κ2) is 5.52. The molecule has 1 aliphatic heterocycles. The predicted molar refractivity (Wildman–Crippen MR) is 72.4 cm³/mol. The fraction of sp³-hybridized carbons (Fsp3) is 0.385. The molecule has 1 fully saturated rings. The number of amides is 2. The Morgan fingerprint density at radius 1 is 1.50 bits per heavy atom. The van der Waals surface area contributed by atoms with Gasteiger partial charge in [-0.3, -0.25) is 9.59 Å². The summed E-state index contributed by atoms with van der Waals surface area (Å²) in [5.74, 6) is -0.314. The maximum absolute atomic E-state index is 12.1. The molecule has 0 radical (unpaired) electrons. The van der Waals surface area contributed by atoms with Crippen molar-refractivity contribution < 1.29 is 9.59 Å². The van der Waals surface area contributed by atoms with E-state index in [0.29, 0.717) is 18.5 Å². The Kier molecular flexibility index (Phi) is 4.01. The molecule has 1 aliphatic rings. The third-order valence-corrected chi connectivity index (χ3v) is 3.65. The zero-order valence-corrected chi connectivity index (χ0v) is 11.7. The topological polar surface area (TPSA) is 58.2 Å². The number of halogens is 1. The third-order valence-electron chi connectivity index (χ3n) is 2.96. The molecule has 1 saturated heterocycles. The van der Waals surface area contributed by atoms with E-state index in [1.54, 1.807) is 6.07 Å². The van der Waals surface area contributed by atoms with Crippen molar-refractivity contribution in [1.82, 2.24) is 10.6 Å². The number of carbonyl (C=O) groups excluding carboxylic acids is 2. The average Bonchev–Trinajstić information content (AvgIpc) is 2.35. The molecule has 0 saturated carbocycles. The van der Waals surface area contributed by atoms with E-state index in [4.69, 9.17) is 0 Å². The van der Waals surface area contributed by atoms with Crippen molar-refractivity contribution in [3.05, 3.63) is 33.8 Å². The van der Waals surface area contributed by atoms with Crippen LogP contribution in [-0.4, -0.2) is 24.4 Å². The summed E-state index contributed by atoms with van der Waals surface area (Å²) in [5, 5.41) is 5.52. The lowest BCUT2D eigenvalue weighted by Gasteiger charge is -2.23. The lowest BCUT2D eigenvalue weighted by Crippen LogP contribution is -2.50. The summed E-state index contributed by atoms with van der Waals surface area (Å²) in [6, 6.07) is 5.15. The summed E-state index contributed by atoms with van der Waals surface area (Å²) < 4.78 is 0.738. The van der Waals surface area contributed by atoms with Crippen molar-refractivity contribution in [2.45, 2.75) is 25.8 Å². The molecule has 1 heterocycles. The van der Waals surface area contributed by atoms with Crippen LogP contribution in [0.25, 0.3) is 0 Å². The van der Waals surface area contributed by atoms with E-state index in [0.717, 1.165) is 16.5 Å². The Morgan fingerprint density at radius 2 is 2.28 bits per heavy atom. The van der Waals surface area contributed by atoms with E-state index in [1.165, 1.54) is 0 Å². The van der Waals surface area contributed by atoms with Gasteiger partial charge in [-0.25, -0.2) is 0 Å². The molecule has 0 spiro atoms. The van der Waals surface area contributed by atoms with Crippen LogP contribution in [0.15, 0.2) is 22.7 Å². The highest BCUT2D eigenvalue weighted by atomic mass is 79.9. The van der Waals surface area contributed by atoms with Crippen molar-refractivity contribution >= 4 is 27.7 Å². The summed E-state index contributed by atoms with van der Waals surface area (Å²) in [4.78, 5) is 23.7. The van der Waals surface area contributed by atoms with E-state index in [9.17, 15) is 9.59 Å². The predicted octanol–water partition coefficient (Wildman–Crippen LogP) is 1.77. The second-order valence-electron chi connectivity index (χ2n) is 4.44. The molecule has 1 unspecified atom stereocenters. The quantitative estimate of drug-likeness (QED) is 0.874. The number of hydrogen-bond acceptors (Lipinski definition) is 2. The Labute approximate surface area is 114 Å². The normalized spacial score (nSPS) is 19.2. The Balaban J connectivity index is 2.11. The maximum Gasteiger partial charge on any atom is 0.253 e. The van der Waals surface area contributed by atoms with Crippen LogP contribution in [0.1, 0.15) is 28.8 Å². The van der Waals surface area contributed by atoms with Crippen LogP contribution in [-0.2, 0) is 4.79 Å². The molecule has 2 N–H and O–H groups in total.